The summed E-state index contributed by atoms with van der Waals surface area (Å²) in [5.41, 5.74) is 0.191. The average molecular weight is 384 g/mol. The van der Waals surface area contributed by atoms with E-state index in [0.29, 0.717) is 12.2 Å². The molecule has 0 bridgehead atoms. The van der Waals surface area contributed by atoms with Crippen LogP contribution in [0.25, 0.3) is 10.9 Å². The molecule has 1 aromatic heterocycles. The Balaban J connectivity index is 2.01. The predicted octanol–water partition coefficient (Wildman–Crippen LogP) is 2.60. The number of rotatable bonds is 5. The van der Waals surface area contributed by atoms with Crippen LogP contribution in [0.3, 0.4) is 0 Å². The fourth-order valence-corrected chi connectivity index (χ4v) is 2.94. The van der Waals surface area contributed by atoms with Gasteiger partial charge < -0.3 is 15.4 Å². The molecule has 1 atom stereocenters. The van der Waals surface area contributed by atoms with Crippen LogP contribution in [-0.4, -0.2) is 39.9 Å². The highest BCUT2D eigenvalue weighted by atomic mass is 19.4. The maximum Gasteiger partial charge on any atom is 0.408 e. The van der Waals surface area contributed by atoms with Crippen LogP contribution in [0.2, 0.25) is 0 Å². The van der Waals surface area contributed by atoms with E-state index in [4.69, 9.17) is 4.74 Å². The van der Waals surface area contributed by atoms with Crippen molar-refractivity contribution in [3.05, 3.63) is 18.2 Å². The van der Waals surface area contributed by atoms with Gasteiger partial charge in [-0.3, -0.25) is 14.3 Å². The molecule has 0 aliphatic carbocycles. The molecule has 0 radical (unpaired) electrons. The number of nitrogens with one attached hydrogen (secondary N) is 2. The Bertz CT molecular complexity index is 876. The van der Waals surface area contributed by atoms with Crippen LogP contribution in [0.4, 0.5) is 19.0 Å². The minimum atomic E-state index is -4.48. The van der Waals surface area contributed by atoms with Crippen LogP contribution in [0, 0.1) is 0 Å². The molecule has 1 saturated heterocycles. The van der Waals surface area contributed by atoms with E-state index in [1.807, 2.05) is 0 Å². The number of anilines is 1. The average Bonchev–Trinajstić information content (AvgIpc) is 3.11. The molecule has 2 N–H and O–H groups in total. The van der Waals surface area contributed by atoms with Crippen molar-refractivity contribution in [3.63, 3.8) is 0 Å². The van der Waals surface area contributed by atoms with Gasteiger partial charge in [-0.15, -0.1) is 0 Å². The standard InChI is InChI=1S/C17H19F3N4O3/c1-9(2)27-12-5-3-4-11-14(12)15(23-24(11)8-17(18,19)20)22-16(26)10-6-7-13(25)21-10/h3-5,9-10H,6-8H2,1-2H3,(H,21,25)(H,22,23,26)/t10-/m1/s1. The number of carbonyl (C=O) groups excluding carboxylic acids is 2. The fraction of sp³-hybridized carbons (Fsp3) is 0.471. The van der Waals surface area contributed by atoms with E-state index in [1.54, 1.807) is 26.0 Å². The summed E-state index contributed by atoms with van der Waals surface area (Å²) in [6, 6.07) is 3.92. The van der Waals surface area contributed by atoms with E-state index in [0.717, 1.165) is 4.68 Å². The van der Waals surface area contributed by atoms with Gasteiger partial charge in [0.25, 0.3) is 0 Å². The maximum absolute atomic E-state index is 12.9. The van der Waals surface area contributed by atoms with Gasteiger partial charge in [0.15, 0.2) is 5.82 Å². The summed E-state index contributed by atoms with van der Waals surface area (Å²) in [4.78, 5) is 23.7. The van der Waals surface area contributed by atoms with Crippen LogP contribution in [0.1, 0.15) is 26.7 Å². The smallest absolute Gasteiger partial charge is 0.408 e. The lowest BCUT2D eigenvalue weighted by atomic mass is 10.2. The Morgan fingerprint density at radius 2 is 2.19 bits per heavy atom. The van der Waals surface area contributed by atoms with Crippen LogP contribution < -0.4 is 15.4 Å². The fourth-order valence-electron chi connectivity index (χ4n) is 2.94. The van der Waals surface area contributed by atoms with Crippen molar-refractivity contribution in [2.75, 3.05) is 5.32 Å². The van der Waals surface area contributed by atoms with Crippen molar-refractivity contribution < 1.29 is 27.5 Å². The Labute approximate surface area is 152 Å². The normalized spacial score (nSPS) is 17.4. The van der Waals surface area contributed by atoms with Gasteiger partial charge in [-0.25, -0.2) is 0 Å². The van der Waals surface area contributed by atoms with E-state index in [9.17, 15) is 22.8 Å². The minimum absolute atomic E-state index is 0.0309. The number of benzene rings is 1. The Kier molecular flexibility index (Phi) is 4.99. The van der Waals surface area contributed by atoms with Gasteiger partial charge in [-0.1, -0.05) is 6.07 Å². The van der Waals surface area contributed by atoms with E-state index in [1.165, 1.54) is 6.07 Å². The molecule has 3 rings (SSSR count). The Hall–Kier alpha value is -2.78. The number of halogens is 3. The lowest BCUT2D eigenvalue weighted by Gasteiger charge is -2.13. The van der Waals surface area contributed by atoms with E-state index >= 15 is 0 Å². The second-order valence-corrected chi connectivity index (χ2v) is 6.59. The van der Waals surface area contributed by atoms with Crippen LogP contribution in [0.5, 0.6) is 5.75 Å². The van der Waals surface area contributed by atoms with Crippen LogP contribution in [0.15, 0.2) is 18.2 Å². The zero-order valence-corrected chi connectivity index (χ0v) is 14.8. The highest BCUT2D eigenvalue weighted by Gasteiger charge is 2.32. The summed E-state index contributed by atoms with van der Waals surface area (Å²) >= 11 is 0. The summed E-state index contributed by atoms with van der Waals surface area (Å²) in [5, 5.41) is 9.28. The van der Waals surface area contributed by atoms with Crippen molar-refractivity contribution in [1.29, 1.82) is 0 Å². The first-order valence-electron chi connectivity index (χ1n) is 8.47. The van der Waals surface area contributed by atoms with Crippen molar-refractivity contribution in [2.45, 2.75) is 51.6 Å². The van der Waals surface area contributed by atoms with E-state index in [-0.39, 0.29) is 35.2 Å². The number of aromatic nitrogens is 2. The first kappa shape index (κ1) is 19.0. The van der Waals surface area contributed by atoms with Crippen LogP contribution in [-0.2, 0) is 16.1 Å². The molecule has 10 heteroatoms. The minimum Gasteiger partial charge on any atom is -0.490 e. The summed E-state index contributed by atoms with van der Waals surface area (Å²) in [6.45, 7) is 2.27. The monoisotopic (exact) mass is 384 g/mol. The molecule has 2 aromatic rings. The molecule has 0 spiro atoms. The van der Waals surface area contributed by atoms with Crippen molar-refractivity contribution >= 4 is 28.5 Å². The van der Waals surface area contributed by atoms with Gasteiger partial charge in [0.2, 0.25) is 11.8 Å². The second kappa shape index (κ2) is 7.09. The molecule has 0 saturated carbocycles. The number of ether oxygens (including phenoxy) is 1. The van der Waals surface area contributed by atoms with Crippen LogP contribution >= 0.6 is 0 Å². The molecule has 1 aromatic carbocycles. The predicted molar refractivity (Wildman–Crippen MR) is 91.3 cm³/mol. The number of nitrogens with zero attached hydrogens (tertiary/aromatic N) is 2. The molecular formula is C17H19F3N4O3. The number of alkyl halides is 3. The topological polar surface area (TPSA) is 85.2 Å². The lowest BCUT2D eigenvalue weighted by Crippen LogP contribution is -2.37. The quantitative estimate of drug-likeness (QED) is 0.830. The molecule has 1 aliphatic heterocycles. The SMILES string of the molecule is CC(C)Oc1cccc2c1c(NC(=O)[C@H]1CCC(=O)N1)nn2CC(F)(F)F. The molecule has 2 heterocycles. The zero-order chi connectivity index (χ0) is 19.8. The molecule has 1 aliphatic rings. The third-order valence-electron chi connectivity index (χ3n) is 3.98. The summed E-state index contributed by atoms with van der Waals surface area (Å²) in [7, 11) is 0. The maximum atomic E-state index is 12.9. The molecular weight excluding hydrogens is 365 g/mol. The van der Waals surface area contributed by atoms with Crippen molar-refractivity contribution in [3.8, 4) is 5.75 Å². The van der Waals surface area contributed by atoms with Crippen molar-refractivity contribution in [2.24, 2.45) is 0 Å². The number of hydrogen-bond donors (Lipinski definition) is 2. The molecule has 1 fully saturated rings. The first-order valence-corrected chi connectivity index (χ1v) is 8.47. The number of carbonyl (C=O) groups is 2. The van der Waals surface area contributed by atoms with Gasteiger partial charge in [0.05, 0.1) is 17.0 Å². The number of hydrogen-bond acceptors (Lipinski definition) is 4. The highest BCUT2D eigenvalue weighted by Crippen LogP contribution is 2.34. The molecule has 27 heavy (non-hydrogen) atoms. The van der Waals surface area contributed by atoms with Crippen molar-refractivity contribution in [1.82, 2.24) is 15.1 Å². The van der Waals surface area contributed by atoms with Gasteiger partial charge >= 0.3 is 6.18 Å². The van der Waals surface area contributed by atoms with Gasteiger partial charge in [-0.2, -0.15) is 18.3 Å². The Morgan fingerprint density at radius 3 is 2.78 bits per heavy atom. The summed E-state index contributed by atoms with van der Waals surface area (Å²) < 4.78 is 45.2. The Morgan fingerprint density at radius 1 is 1.44 bits per heavy atom. The molecule has 7 nitrogen and oxygen atoms in total. The number of fused-ring (bicyclic) bond motifs is 1. The molecule has 2 amide bonds. The third kappa shape index (κ3) is 4.32. The number of amides is 2. The summed E-state index contributed by atoms with van der Waals surface area (Å²) in [6.07, 6.45) is -4.15. The summed E-state index contributed by atoms with van der Waals surface area (Å²) in [5.74, 6) is -0.483. The third-order valence-corrected chi connectivity index (χ3v) is 3.98. The first-order chi connectivity index (χ1) is 12.6. The van der Waals surface area contributed by atoms with Gasteiger partial charge in [-0.05, 0) is 32.4 Å². The van der Waals surface area contributed by atoms with E-state index in [2.05, 4.69) is 15.7 Å². The lowest BCUT2D eigenvalue weighted by molar-refractivity contribution is -0.141. The molecule has 146 valence electrons. The van der Waals surface area contributed by atoms with E-state index < -0.39 is 24.7 Å². The molecule has 0 unspecified atom stereocenters. The van der Waals surface area contributed by atoms with Gasteiger partial charge in [0, 0.05) is 6.42 Å². The highest BCUT2D eigenvalue weighted by molar-refractivity contribution is 6.05. The second-order valence-electron chi connectivity index (χ2n) is 6.59. The zero-order valence-electron chi connectivity index (χ0n) is 14.8. The largest absolute Gasteiger partial charge is 0.490 e. The van der Waals surface area contributed by atoms with Gasteiger partial charge in [0.1, 0.15) is 18.3 Å².